The zero-order chi connectivity index (χ0) is 28.9. The first-order chi connectivity index (χ1) is 19.9. The van der Waals surface area contributed by atoms with E-state index in [1.165, 1.54) is 7.11 Å². The smallest absolute Gasteiger partial charge is 0.411 e. The standard InChI is InChI=1S/C32H34N4O5/c1-20-5-4-6-29(36-16-14-22(18-30(36)37)21-7-10-25(40-2)11-8-21)28-17-23(13-15-33-28)26-12-9-24(34-32(39)41-3)19-27(26)35-31(20)38/h7-13,15,17-20,29H,4-6,14,16H2,1-3H3,(H,34,39)(H,35,38). The van der Waals surface area contributed by atoms with Crippen LogP contribution in [0.3, 0.4) is 0 Å². The monoisotopic (exact) mass is 554 g/mol. The summed E-state index contributed by atoms with van der Waals surface area (Å²) in [5, 5.41) is 5.70. The summed E-state index contributed by atoms with van der Waals surface area (Å²) in [6.07, 6.45) is 5.71. The van der Waals surface area contributed by atoms with Crippen LogP contribution in [0.1, 0.15) is 49.9 Å². The van der Waals surface area contributed by atoms with Crippen molar-refractivity contribution in [3.05, 3.63) is 78.1 Å². The van der Waals surface area contributed by atoms with E-state index in [4.69, 9.17) is 14.5 Å². The SMILES string of the molecule is COC(=O)Nc1ccc2c(c1)NC(=O)C(C)CCCC(N1CCC(c3ccc(OC)cc3)=CC1=O)c1cc-2ccn1. The fraction of sp³-hybridized carbons (Fsp3) is 0.312. The number of anilines is 2. The maximum atomic E-state index is 13.5. The molecule has 0 fully saturated rings. The minimum absolute atomic E-state index is 0.0453. The van der Waals surface area contributed by atoms with Crippen molar-refractivity contribution >= 4 is 34.9 Å². The maximum absolute atomic E-state index is 13.5. The van der Waals surface area contributed by atoms with Gasteiger partial charge in [0.25, 0.3) is 0 Å². The van der Waals surface area contributed by atoms with Crippen molar-refractivity contribution in [1.29, 1.82) is 0 Å². The highest BCUT2D eigenvalue weighted by atomic mass is 16.5. The number of methoxy groups -OCH3 is 2. The van der Waals surface area contributed by atoms with Gasteiger partial charge in [0.05, 0.1) is 31.6 Å². The lowest BCUT2D eigenvalue weighted by Gasteiger charge is -2.34. The molecule has 3 heterocycles. The molecule has 0 saturated carbocycles. The lowest BCUT2D eigenvalue weighted by Crippen LogP contribution is -2.38. The highest BCUT2D eigenvalue weighted by molar-refractivity contribution is 5.99. The van der Waals surface area contributed by atoms with Gasteiger partial charge in [-0.2, -0.15) is 0 Å². The third kappa shape index (κ3) is 6.24. The zero-order valence-corrected chi connectivity index (χ0v) is 23.5. The number of pyridine rings is 1. The van der Waals surface area contributed by atoms with Crippen LogP contribution in [0.2, 0.25) is 0 Å². The molecule has 0 aliphatic carbocycles. The fourth-order valence-electron chi connectivity index (χ4n) is 5.41. The summed E-state index contributed by atoms with van der Waals surface area (Å²) < 4.78 is 9.98. The van der Waals surface area contributed by atoms with Gasteiger partial charge in [0.15, 0.2) is 0 Å². The second kappa shape index (κ2) is 12.2. The Morgan fingerprint density at radius 2 is 1.83 bits per heavy atom. The van der Waals surface area contributed by atoms with Gasteiger partial charge in [-0.3, -0.25) is 19.9 Å². The summed E-state index contributed by atoms with van der Waals surface area (Å²) in [6, 6.07) is 16.7. The van der Waals surface area contributed by atoms with Crippen molar-refractivity contribution in [2.24, 2.45) is 5.92 Å². The Bertz CT molecular complexity index is 1480. The van der Waals surface area contributed by atoms with Crippen LogP contribution in [-0.2, 0) is 14.3 Å². The molecule has 9 nitrogen and oxygen atoms in total. The number of rotatable bonds is 4. The van der Waals surface area contributed by atoms with Crippen LogP contribution < -0.4 is 15.4 Å². The molecule has 2 bridgehead atoms. The van der Waals surface area contributed by atoms with Crippen LogP contribution in [0, 0.1) is 5.92 Å². The quantitative estimate of drug-likeness (QED) is 0.406. The summed E-state index contributed by atoms with van der Waals surface area (Å²) in [4.78, 5) is 45.1. The number of nitrogens with one attached hydrogen (secondary N) is 2. The van der Waals surface area contributed by atoms with Gasteiger partial charge in [-0.15, -0.1) is 0 Å². The van der Waals surface area contributed by atoms with Gasteiger partial charge in [-0.05, 0) is 72.4 Å². The van der Waals surface area contributed by atoms with Gasteiger partial charge in [0.1, 0.15) is 5.75 Å². The van der Waals surface area contributed by atoms with Crippen molar-refractivity contribution in [2.45, 2.75) is 38.6 Å². The minimum Gasteiger partial charge on any atom is -0.497 e. The molecule has 9 heteroatoms. The van der Waals surface area contributed by atoms with E-state index in [0.29, 0.717) is 30.8 Å². The Labute approximate surface area is 239 Å². The molecular formula is C32H34N4O5. The van der Waals surface area contributed by atoms with Gasteiger partial charge in [-0.1, -0.05) is 31.5 Å². The molecule has 2 N–H and O–H groups in total. The number of nitrogens with zero attached hydrogens (tertiary/aromatic N) is 2. The zero-order valence-electron chi connectivity index (χ0n) is 23.5. The molecule has 3 amide bonds. The maximum Gasteiger partial charge on any atom is 0.411 e. The molecule has 2 aliphatic rings. The van der Waals surface area contributed by atoms with Crippen molar-refractivity contribution < 1.29 is 23.9 Å². The summed E-state index contributed by atoms with van der Waals surface area (Å²) >= 11 is 0. The van der Waals surface area contributed by atoms with Gasteiger partial charge < -0.3 is 19.7 Å². The number of carbonyl (C=O) groups excluding carboxylic acids is 3. The van der Waals surface area contributed by atoms with Crippen LogP contribution in [-0.4, -0.2) is 48.6 Å². The molecule has 0 spiro atoms. The van der Waals surface area contributed by atoms with E-state index in [9.17, 15) is 14.4 Å². The molecule has 0 radical (unpaired) electrons. The summed E-state index contributed by atoms with van der Waals surface area (Å²) in [5.74, 6) is 0.382. The van der Waals surface area contributed by atoms with E-state index in [2.05, 4.69) is 10.6 Å². The lowest BCUT2D eigenvalue weighted by atomic mass is 9.92. The third-order valence-corrected chi connectivity index (χ3v) is 7.74. The van der Waals surface area contributed by atoms with Crippen LogP contribution >= 0.6 is 0 Å². The van der Waals surface area contributed by atoms with Gasteiger partial charge in [-0.25, -0.2) is 4.79 Å². The number of amides is 3. The fourth-order valence-corrected chi connectivity index (χ4v) is 5.41. The molecule has 3 aromatic rings. The van der Waals surface area contributed by atoms with E-state index in [1.807, 2.05) is 54.3 Å². The average molecular weight is 555 g/mol. The van der Waals surface area contributed by atoms with E-state index < -0.39 is 6.09 Å². The van der Waals surface area contributed by atoms with Crippen LogP contribution in [0.15, 0.2) is 66.9 Å². The second-order valence-corrected chi connectivity index (χ2v) is 10.4. The van der Waals surface area contributed by atoms with Crippen LogP contribution in [0.25, 0.3) is 16.7 Å². The van der Waals surface area contributed by atoms with Gasteiger partial charge in [0, 0.05) is 36.0 Å². The molecule has 2 aliphatic heterocycles. The summed E-state index contributed by atoms with van der Waals surface area (Å²) in [7, 11) is 2.93. The molecule has 212 valence electrons. The number of ether oxygens (including phenoxy) is 2. The lowest BCUT2D eigenvalue weighted by molar-refractivity contribution is -0.129. The predicted octanol–water partition coefficient (Wildman–Crippen LogP) is 6.05. The Balaban J connectivity index is 1.49. The second-order valence-electron chi connectivity index (χ2n) is 10.4. The highest BCUT2D eigenvalue weighted by Crippen LogP contribution is 2.37. The van der Waals surface area contributed by atoms with Crippen LogP contribution in [0.5, 0.6) is 5.75 Å². The molecule has 2 unspecified atom stereocenters. The summed E-state index contributed by atoms with van der Waals surface area (Å²) in [5.41, 5.74) is 5.53. The molecule has 1 aromatic heterocycles. The Hall–Kier alpha value is -4.66. The average Bonchev–Trinajstić information content (AvgIpc) is 2.99. The van der Waals surface area contributed by atoms with Gasteiger partial charge >= 0.3 is 6.09 Å². The van der Waals surface area contributed by atoms with E-state index in [1.54, 1.807) is 31.5 Å². The number of aromatic nitrogens is 1. The van der Waals surface area contributed by atoms with Crippen molar-refractivity contribution in [3.63, 3.8) is 0 Å². The molecule has 5 rings (SSSR count). The van der Waals surface area contributed by atoms with Crippen molar-refractivity contribution in [3.8, 4) is 16.9 Å². The highest BCUT2D eigenvalue weighted by Gasteiger charge is 2.30. The topological polar surface area (TPSA) is 110 Å². The molecular weight excluding hydrogens is 520 g/mol. The number of carbonyl (C=O) groups is 3. The molecule has 2 atom stereocenters. The van der Waals surface area contributed by atoms with E-state index in [-0.39, 0.29) is 23.8 Å². The number of hydrogen-bond donors (Lipinski definition) is 2. The molecule has 0 saturated heterocycles. The first-order valence-electron chi connectivity index (χ1n) is 13.8. The summed E-state index contributed by atoms with van der Waals surface area (Å²) in [6.45, 7) is 2.47. The first kappa shape index (κ1) is 27.9. The number of fused-ring (bicyclic) bond motifs is 4. The van der Waals surface area contributed by atoms with Gasteiger partial charge in [0.2, 0.25) is 11.8 Å². The minimum atomic E-state index is -0.595. The Morgan fingerprint density at radius 1 is 1.02 bits per heavy atom. The molecule has 2 aromatic carbocycles. The largest absolute Gasteiger partial charge is 0.497 e. The third-order valence-electron chi connectivity index (χ3n) is 7.74. The Morgan fingerprint density at radius 3 is 2.56 bits per heavy atom. The van der Waals surface area contributed by atoms with E-state index >= 15 is 0 Å². The normalized spacial score (nSPS) is 19.1. The van der Waals surface area contributed by atoms with E-state index in [0.717, 1.165) is 46.5 Å². The predicted molar refractivity (Wildman–Crippen MR) is 157 cm³/mol. The van der Waals surface area contributed by atoms with Crippen LogP contribution in [0.4, 0.5) is 16.2 Å². The Kier molecular flexibility index (Phi) is 8.33. The number of hydrogen-bond acceptors (Lipinski definition) is 6. The molecule has 41 heavy (non-hydrogen) atoms. The van der Waals surface area contributed by atoms with Crippen molar-refractivity contribution in [2.75, 3.05) is 31.4 Å². The first-order valence-corrected chi connectivity index (χ1v) is 13.8. The number of benzene rings is 2. The van der Waals surface area contributed by atoms with Crippen molar-refractivity contribution in [1.82, 2.24) is 9.88 Å².